The molecule has 1 N–H and O–H groups in total. The summed E-state index contributed by atoms with van der Waals surface area (Å²) in [6.45, 7) is 4.89. The molecule has 0 spiro atoms. The van der Waals surface area contributed by atoms with E-state index < -0.39 is 0 Å². The Hall–Kier alpha value is -0.0800. The fraction of sp³-hybridized carbons (Fsp3) is 1.00. The van der Waals surface area contributed by atoms with E-state index in [0.717, 1.165) is 13.0 Å². The molecule has 55 valence electrons. The second-order valence-electron chi connectivity index (χ2n) is 3.44. The van der Waals surface area contributed by atoms with E-state index in [4.69, 9.17) is 5.73 Å². The monoisotopic (exact) mass is 129 g/mol. The van der Waals surface area contributed by atoms with Crippen molar-refractivity contribution >= 4 is 0 Å². The normalized spacial score (nSPS) is 12.7. The van der Waals surface area contributed by atoms with E-state index in [9.17, 15) is 0 Å². The van der Waals surface area contributed by atoms with Crippen molar-refractivity contribution in [2.75, 3.05) is 20.6 Å². The molecule has 0 aromatic rings. The zero-order valence-electron chi connectivity index (χ0n) is 6.86. The summed E-state index contributed by atoms with van der Waals surface area (Å²) in [6.07, 6.45) is 0.944. The van der Waals surface area contributed by atoms with Gasteiger partial charge in [-0.2, -0.15) is 0 Å². The lowest BCUT2D eigenvalue weighted by Crippen LogP contribution is -2.27. The smallest absolute Gasteiger partial charge is 0.0279 e. The van der Waals surface area contributed by atoms with Gasteiger partial charge in [0.25, 0.3) is 0 Å². The van der Waals surface area contributed by atoms with Crippen LogP contribution in [0, 0.1) is 0 Å². The number of nitrogens with one attached hydrogen (secondary N) is 1. The first-order valence-electron chi connectivity index (χ1n) is 3.31. The van der Waals surface area contributed by atoms with E-state index in [1.54, 1.807) is 0 Å². The molecule has 0 saturated heterocycles. The van der Waals surface area contributed by atoms with Gasteiger partial charge in [0.2, 0.25) is 0 Å². The largest absolute Gasteiger partial charge is 0.309 e. The van der Waals surface area contributed by atoms with Crippen molar-refractivity contribution in [3.63, 3.8) is 0 Å². The van der Waals surface area contributed by atoms with Gasteiger partial charge in [0.05, 0.1) is 0 Å². The van der Waals surface area contributed by atoms with Crippen molar-refractivity contribution in [2.24, 2.45) is 0 Å². The Morgan fingerprint density at radius 1 is 1.33 bits per heavy atom. The molecular weight excluding hydrogens is 112 g/mol. The number of hydrogen-bond acceptors (Lipinski definition) is 1. The standard InChI is InChI=1S/C7H17N2/c1-7(2,8)5-6-9(3)4/h8H,5-6H2,1-4H3. The molecule has 9 heavy (non-hydrogen) atoms. The Balaban J connectivity index is 3.28. The number of hydrogen-bond donors (Lipinski definition) is 0. The van der Waals surface area contributed by atoms with Gasteiger partial charge in [0.1, 0.15) is 0 Å². The second-order valence-corrected chi connectivity index (χ2v) is 3.44. The SMILES string of the molecule is CN(C)CCC(C)(C)[NH]. The van der Waals surface area contributed by atoms with Gasteiger partial charge in [0.15, 0.2) is 0 Å². The third-order valence-electron chi connectivity index (χ3n) is 1.18. The fourth-order valence-electron chi connectivity index (χ4n) is 0.503. The molecule has 0 aromatic carbocycles. The molecule has 0 aromatic heterocycles. The van der Waals surface area contributed by atoms with E-state index >= 15 is 0 Å². The molecule has 0 saturated carbocycles. The van der Waals surface area contributed by atoms with Crippen LogP contribution < -0.4 is 5.73 Å². The Labute approximate surface area is 58.0 Å². The van der Waals surface area contributed by atoms with E-state index in [0.29, 0.717) is 0 Å². The highest BCUT2D eigenvalue weighted by atomic mass is 15.1. The van der Waals surface area contributed by atoms with Crippen LogP contribution in [0.4, 0.5) is 0 Å². The maximum Gasteiger partial charge on any atom is 0.0279 e. The van der Waals surface area contributed by atoms with E-state index in [1.165, 1.54) is 0 Å². The fourth-order valence-corrected chi connectivity index (χ4v) is 0.503. The Bertz CT molecular complexity index is 71.5. The summed E-state index contributed by atoms with van der Waals surface area (Å²) in [5, 5.41) is 0. The minimum absolute atomic E-state index is 0.260. The Morgan fingerprint density at radius 3 is 1.89 bits per heavy atom. The van der Waals surface area contributed by atoms with Crippen molar-refractivity contribution in [3.05, 3.63) is 0 Å². The van der Waals surface area contributed by atoms with Gasteiger partial charge >= 0.3 is 0 Å². The molecule has 0 bridgehead atoms. The quantitative estimate of drug-likeness (QED) is 0.558. The van der Waals surface area contributed by atoms with Gasteiger partial charge < -0.3 is 4.90 Å². The highest BCUT2D eigenvalue weighted by Crippen LogP contribution is 2.04. The Kier molecular flexibility index (Phi) is 3.15. The van der Waals surface area contributed by atoms with Crippen molar-refractivity contribution in [3.8, 4) is 0 Å². The summed E-state index contributed by atoms with van der Waals surface area (Å²) in [7, 11) is 4.07. The zero-order chi connectivity index (χ0) is 7.49. The molecule has 0 amide bonds. The van der Waals surface area contributed by atoms with E-state index in [-0.39, 0.29) is 5.54 Å². The van der Waals surface area contributed by atoms with Crippen LogP contribution in [-0.2, 0) is 0 Å². The minimum Gasteiger partial charge on any atom is -0.309 e. The predicted molar refractivity (Wildman–Crippen MR) is 40.3 cm³/mol. The van der Waals surface area contributed by atoms with E-state index in [2.05, 4.69) is 4.90 Å². The lowest BCUT2D eigenvalue weighted by atomic mass is 10.0. The summed E-state index contributed by atoms with van der Waals surface area (Å²) in [6, 6.07) is 0. The summed E-state index contributed by atoms with van der Waals surface area (Å²) in [5.74, 6) is 0. The average Bonchev–Trinajstić information content (AvgIpc) is 1.59. The first kappa shape index (κ1) is 8.92. The summed E-state index contributed by atoms with van der Waals surface area (Å²) in [4.78, 5) is 2.11. The maximum atomic E-state index is 7.50. The van der Waals surface area contributed by atoms with Crippen LogP contribution in [0.15, 0.2) is 0 Å². The lowest BCUT2D eigenvalue weighted by Gasteiger charge is -2.19. The van der Waals surface area contributed by atoms with Crippen molar-refractivity contribution < 1.29 is 0 Å². The van der Waals surface area contributed by atoms with Gasteiger partial charge in [0, 0.05) is 5.54 Å². The molecule has 2 nitrogen and oxygen atoms in total. The molecule has 0 unspecified atom stereocenters. The highest BCUT2D eigenvalue weighted by Gasteiger charge is 2.10. The van der Waals surface area contributed by atoms with Gasteiger partial charge in [-0.3, -0.25) is 5.73 Å². The van der Waals surface area contributed by atoms with Crippen LogP contribution in [0.5, 0.6) is 0 Å². The molecule has 0 aliphatic heterocycles. The third kappa shape index (κ3) is 7.92. The molecule has 1 radical (unpaired) electrons. The third-order valence-corrected chi connectivity index (χ3v) is 1.18. The van der Waals surface area contributed by atoms with Gasteiger partial charge in [-0.1, -0.05) is 0 Å². The molecule has 0 fully saturated rings. The molecule has 0 heterocycles. The number of nitrogens with zero attached hydrogens (tertiary/aromatic N) is 1. The predicted octanol–water partition coefficient (Wildman–Crippen LogP) is 1.000. The molecule has 2 heteroatoms. The molecular formula is C7H17N2. The molecule has 0 aliphatic carbocycles. The van der Waals surface area contributed by atoms with Crippen LogP contribution in [0.25, 0.3) is 0 Å². The average molecular weight is 129 g/mol. The Morgan fingerprint density at radius 2 is 1.78 bits per heavy atom. The molecule has 0 rings (SSSR count). The van der Waals surface area contributed by atoms with Gasteiger partial charge in [-0.25, -0.2) is 0 Å². The van der Waals surface area contributed by atoms with Crippen LogP contribution in [0.1, 0.15) is 20.3 Å². The molecule has 0 aliphatic rings. The summed E-state index contributed by atoms with van der Waals surface area (Å²) in [5.41, 5.74) is 7.24. The van der Waals surface area contributed by atoms with Gasteiger partial charge in [-0.15, -0.1) is 0 Å². The summed E-state index contributed by atoms with van der Waals surface area (Å²) < 4.78 is 0. The highest BCUT2D eigenvalue weighted by molar-refractivity contribution is 4.71. The van der Waals surface area contributed by atoms with Crippen LogP contribution in [0.3, 0.4) is 0 Å². The van der Waals surface area contributed by atoms with Crippen molar-refractivity contribution in [1.29, 1.82) is 0 Å². The topological polar surface area (TPSA) is 27.0 Å². The first-order valence-corrected chi connectivity index (χ1v) is 3.31. The van der Waals surface area contributed by atoms with Gasteiger partial charge in [-0.05, 0) is 40.9 Å². The number of rotatable bonds is 3. The van der Waals surface area contributed by atoms with Crippen molar-refractivity contribution in [1.82, 2.24) is 10.6 Å². The summed E-state index contributed by atoms with van der Waals surface area (Å²) >= 11 is 0. The lowest BCUT2D eigenvalue weighted by molar-refractivity contribution is 0.338. The van der Waals surface area contributed by atoms with Crippen molar-refractivity contribution in [2.45, 2.75) is 25.8 Å². The van der Waals surface area contributed by atoms with Crippen LogP contribution in [0.2, 0.25) is 0 Å². The van der Waals surface area contributed by atoms with Crippen LogP contribution in [-0.4, -0.2) is 31.1 Å². The minimum atomic E-state index is -0.260. The van der Waals surface area contributed by atoms with Crippen LogP contribution >= 0.6 is 0 Å². The second kappa shape index (κ2) is 3.18. The molecule has 0 atom stereocenters. The maximum absolute atomic E-state index is 7.50. The van der Waals surface area contributed by atoms with E-state index in [1.807, 2.05) is 27.9 Å². The zero-order valence-corrected chi connectivity index (χ0v) is 6.86. The first-order chi connectivity index (χ1) is 3.92.